The lowest BCUT2D eigenvalue weighted by molar-refractivity contribution is -0.121. The summed E-state index contributed by atoms with van der Waals surface area (Å²) in [7, 11) is -2.05. The van der Waals surface area contributed by atoms with Crippen LogP contribution in [0.5, 0.6) is 0 Å². The van der Waals surface area contributed by atoms with Gasteiger partial charge in [-0.3, -0.25) is 14.4 Å². The zero-order valence-corrected chi connectivity index (χ0v) is 31.3. The predicted molar refractivity (Wildman–Crippen MR) is 194 cm³/mol. The van der Waals surface area contributed by atoms with Gasteiger partial charge in [0.15, 0.2) is 8.32 Å². The van der Waals surface area contributed by atoms with Gasteiger partial charge in [-0.2, -0.15) is 0 Å². The first-order valence-electron chi connectivity index (χ1n) is 16.3. The first kappa shape index (κ1) is 36.3. The van der Waals surface area contributed by atoms with Crippen molar-refractivity contribution in [1.29, 1.82) is 0 Å². The van der Waals surface area contributed by atoms with E-state index in [9.17, 15) is 14.4 Å². The number of fused-ring (bicyclic) bond motifs is 2. The molecule has 8 nitrogen and oxygen atoms in total. The van der Waals surface area contributed by atoms with E-state index in [0.29, 0.717) is 52.5 Å². The molecule has 48 heavy (non-hydrogen) atoms. The minimum atomic E-state index is -2.05. The van der Waals surface area contributed by atoms with Crippen molar-refractivity contribution >= 4 is 54.7 Å². The van der Waals surface area contributed by atoms with Crippen molar-refractivity contribution in [3.8, 4) is 11.1 Å². The molecule has 12 heteroatoms. The molecule has 2 amide bonds. The van der Waals surface area contributed by atoms with Gasteiger partial charge in [-0.25, -0.2) is 4.39 Å². The van der Waals surface area contributed by atoms with E-state index in [1.54, 1.807) is 30.3 Å². The van der Waals surface area contributed by atoms with Gasteiger partial charge in [-0.1, -0.05) is 76.9 Å². The van der Waals surface area contributed by atoms with Crippen LogP contribution in [0, 0.1) is 11.2 Å². The molecule has 1 spiro atoms. The summed E-state index contributed by atoms with van der Waals surface area (Å²) in [5, 5.41) is 9.73. The monoisotopic (exact) mass is 714 g/mol. The van der Waals surface area contributed by atoms with Crippen LogP contribution < -0.4 is 21.5 Å². The fraction of sp³-hybridized carbons (Fsp3) is 0.472. The van der Waals surface area contributed by atoms with Crippen LogP contribution in [-0.2, 0) is 25.9 Å². The minimum Gasteiger partial charge on any atom is -0.416 e. The number of amides is 2. The van der Waals surface area contributed by atoms with Crippen LogP contribution in [0.25, 0.3) is 11.1 Å². The number of rotatable bonds is 8. The Morgan fingerprint density at radius 2 is 1.79 bits per heavy atom. The summed E-state index contributed by atoms with van der Waals surface area (Å²) < 4.78 is 21.9. The summed E-state index contributed by atoms with van der Waals surface area (Å²) in [5.41, 5.74) is 0.746. The molecule has 0 radical (unpaired) electrons. The molecule has 2 aliphatic rings. The molecular weight excluding hydrogens is 670 g/mol. The van der Waals surface area contributed by atoms with Crippen LogP contribution in [-0.4, -0.2) is 43.8 Å². The van der Waals surface area contributed by atoms with Crippen LogP contribution in [0.15, 0.2) is 47.4 Å². The average molecular weight is 716 g/mol. The standard InChI is InChI=1S/C36H45Cl2FN4O4Si/c1-34(2,3)19-28-36(29-23(21-10-9-11-24(38)30(21)39)16-20(37)17-26(29)43-33(36)46)18-27(41-28)32(45)42-25-12-14-40-31(44)22(25)13-15-47-48(7,8)35(4,5)6/h9-12,14,16-17,27-28,41H,13,15,18-19H2,1-8H3,(H,43,46)(H2,40,42,44,45)/t27-,28+,36+/m1/s1. The highest BCUT2D eigenvalue weighted by Gasteiger charge is 2.60. The molecule has 1 saturated heterocycles. The van der Waals surface area contributed by atoms with Crippen LogP contribution in [0.3, 0.4) is 0 Å². The highest BCUT2D eigenvalue weighted by atomic mass is 35.5. The van der Waals surface area contributed by atoms with Crippen molar-refractivity contribution in [1.82, 2.24) is 10.3 Å². The summed E-state index contributed by atoms with van der Waals surface area (Å²) >= 11 is 12.7. The summed E-state index contributed by atoms with van der Waals surface area (Å²) in [4.78, 5) is 44.0. The van der Waals surface area contributed by atoms with Gasteiger partial charge in [0.05, 0.1) is 22.2 Å². The SMILES string of the molecule is CC(C)(C)C[C@@H]1N[C@@H](C(=O)Nc2cc[nH]c(=O)c2CCO[Si](C)(C)C(C)(C)C)C[C@]12C(=O)Nc1cc(Cl)cc(-c3cccc(Cl)c3F)c12. The number of anilines is 2. The Morgan fingerprint density at radius 1 is 1.08 bits per heavy atom. The van der Waals surface area contributed by atoms with Crippen molar-refractivity contribution < 1.29 is 18.4 Å². The maximum absolute atomic E-state index is 15.6. The van der Waals surface area contributed by atoms with Gasteiger partial charge in [-0.15, -0.1) is 0 Å². The molecule has 1 fully saturated rings. The van der Waals surface area contributed by atoms with Gasteiger partial charge < -0.3 is 25.4 Å². The number of nitrogens with one attached hydrogen (secondary N) is 4. The lowest BCUT2D eigenvalue weighted by Crippen LogP contribution is -2.48. The van der Waals surface area contributed by atoms with E-state index in [4.69, 9.17) is 27.6 Å². The van der Waals surface area contributed by atoms with Gasteiger partial charge in [0.2, 0.25) is 11.8 Å². The van der Waals surface area contributed by atoms with E-state index in [1.165, 1.54) is 12.3 Å². The van der Waals surface area contributed by atoms with E-state index in [-0.39, 0.29) is 44.8 Å². The highest BCUT2D eigenvalue weighted by Crippen LogP contribution is 2.54. The van der Waals surface area contributed by atoms with Crippen LogP contribution in [0.2, 0.25) is 28.2 Å². The van der Waals surface area contributed by atoms with Crippen molar-refractivity contribution in [3.05, 3.63) is 79.9 Å². The normalized spacial score (nSPS) is 21.0. The Kier molecular flexibility index (Phi) is 9.84. The Labute approximate surface area is 292 Å². The van der Waals surface area contributed by atoms with Crippen molar-refractivity contribution in [3.63, 3.8) is 0 Å². The zero-order valence-electron chi connectivity index (χ0n) is 28.8. The fourth-order valence-corrected chi connectivity index (χ4v) is 8.07. The molecule has 0 bridgehead atoms. The fourth-order valence-electron chi connectivity index (χ4n) is 6.63. The van der Waals surface area contributed by atoms with Crippen LogP contribution >= 0.6 is 23.2 Å². The van der Waals surface area contributed by atoms with E-state index in [2.05, 4.69) is 75.6 Å². The molecular formula is C36H45Cl2FN4O4Si. The number of pyridine rings is 1. The van der Waals surface area contributed by atoms with Gasteiger partial charge in [-0.05, 0) is 66.2 Å². The minimum absolute atomic E-state index is 0.00966. The number of benzene rings is 2. The Balaban J connectivity index is 1.51. The predicted octanol–water partition coefficient (Wildman–Crippen LogP) is 8.05. The molecule has 3 heterocycles. The van der Waals surface area contributed by atoms with Crippen LogP contribution in [0.1, 0.15) is 65.5 Å². The number of halogens is 3. The van der Waals surface area contributed by atoms with Gasteiger partial charge in [0.25, 0.3) is 5.56 Å². The molecule has 0 saturated carbocycles. The third kappa shape index (κ3) is 6.87. The quantitative estimate of drug-likeness (QED) is 0.177. The summed E-state index contributed by atoms with van der Waals surface area (Å²) in [6, 6.07) is 8.39. The number of hydrogen-bond acceptors (Lipinski definition) is 5. The summed E-state index contributed by atoms with van der Waals surface area (Å²) in [6.07, 6.45) is 2.45. The molecule has 4 N–H and O–H groups in total. The lowest BCUT2D eigenvalue weighted by Gasteiger charge is -2.36. The largest absolute Gasteiger partial charge is 0.416 e. The number of aromatic amines is 1. The Hall–Kier alpha value is -3.02. The number of carbonyl (C=O) groups excluding carboxylic acids is 2. The molecule has 3 atom stereocenters. The van der Waals surface area contributed by atoms with Crippen LogP contribution in [0.4, 0.5) is 15.8 Å². The molecule has 2 aromatic carbocycles. The molecule has 0 unspecified atom stereocenters. The number of aromatic nitrogens is 1. The third-order valence-corrected chi connectivity index (χ3v) is 15.1. The second-order valence-corrected chi connectivity index (χ2v) is 21.3. The maximum atomic E-state index is 15.6. The van der Waals surface area contributed by atoms with E-state index in [1.807, 2.05) is 0 Å². The van der Waals surface area contributed by atoms with Gasteiger partial charge in [0, 0.05) is 52.7 Å². The maximum Gasteiger partial charge on any atom is 0.253 e. The summed E-state index contributed by atoms with van der Waals surface area (Å²) in [5.74, 6) is -1.29. The topological polar surface area (TPSA) is 112 Å². The van der Waals surface area contributed by atoms with E-state index in [0.717, 1.165) is 0 Å². The number of hydrogen-bond donors (Lipinski definition) is 4. The molecule has 5 rings (SSSR count). The smallest absolute Gasteiger partial charge is 0.253 e. The molecule has 2 aliphatic heterocycles. The van der Waals surface area contributed by atoms with Crippen molar-refractivity contribution in [2.24, 2.45) is 5.41 Å². The zero-order chi connectivity index (χ0) is 35.4. The first-order chi connectivity index (χ1) is 22.2. The van der Waals surface area contributed by atoms with Gasteiger partial charge in [0.1, 0.15) is 5.82 Å². The Morgan fingerprint density at radius 3 is 2.46 bits per heavy atom. The number of H-pyrrole nitrogens is 1. The molecule has 0 aliphatic carbocycles. The molecule has 3 aromatic rings. The molecule has 1 aromatic heterocycles. The van der Waals surface area contributed by atoms with Crippen molar-refractivity contribution in [2.45, 2.75) is 96.4 Å². The number of carbonyl (C=O) groups is 2. The second kappa shape index (κ2) is 13.0. The average Bonchev–Trinajstić information content (AvgIpc) is 3.46. The third-order valence-electron chi connectivity index (χ3n) is 10.0. The second-order valence-electron chi connectivity index (χ2n) is 15.7. The van der Waals surface area contributed by atoms with Gasteiger partial charge >= 0.3 is 0 Å². The van der Waals surface area contributed by atoms with E-state index >= 15 is 4.39 Å². The lowest BCUT2D eigenvalue weighted by atomic mass is 9.68. The Bertz CT molecular complexity index is 1820. The van der Waals surface area contributed by atoms with Crippen molar-refractivity contribution in [2.75, 3.05) is 17.2 Å². The summed E-state index contributed by atoms with van der Waals surface area (Å²) in [6.45, 7) is 17.3. The van der Waals surface area contributed by atoms with E-state index < -0.39 is 31.6 Å². The molecule has 258 valence electrons. The highest BCUT2D eigenvalue weighted by molar-refractivity contribution is 6.74. The first-order valence-corrected chi connectivity index (χ1v) is 19.9.